The molecule has 0 fully saturated rings. The Kier molecular flexibility index (Phi) is 3.55. The summed E-state index contributed by atoms with van der Waals surface area (Å²) in [5.74, 6) is 0.249. The zero-order valence-corrected chi connectivity index (χ0v) is 7.64. The minimum Gasteiger partial charge on any atom is -0.513 e. The quantitative estimate of drug-likeness (QED) is 0.608. The van der Waals surface area contributed by atoms with Crippen molar-refractivity contribution in [3.05, 3.63) is 11.3 Å². The highest BCUT2D eigenvalue weighted by Gasteiger charge is 2.19. The molecule has 0 aliphatic rings. The second-order valence-corrected chi connectivity index (χ2v) is 3.22. The molecule has 11 heavy (non-hydrogen) atoms. The molecule has 0 unspecified atom stereocenters. The van der Waals surface area contributed by atoms with Gasteiger partial charge in [-0.1, -0.05) is 0 Å². The van der Waals surface area contributed by atoms with Crippen molar-refractivity contribution in [3.63, 3.8) is 0 Å². The van der Waals surface area contributed by atoms with Crippen molar-refractivity contribution in [2.24, 2.45) is 5.73 Å². The Labute approximate surface area is 67.9 Å². The third-order valence-corrected chi connectivity index (χ3v) is 1.50. The van der Waals surface area contributed by atoms with Crippen LogP contribution in [-0.4, -0.2) is 24.4 Å². The van der Waals surface area contributed by atoms with Crippen LogP contribution < -0.4 is 5.73 Å². The largest absolute Gasteiger partial charge is 0.513 e. The molecule has 0 aromatic carbocycles. The molecule has 0 aromatic heterocycles. The van der Waals surface area contributed by atoms with Crippen LogP contribution in [0.1, 0.15) is 20.8 Å². The van der Waals surface area contributed by atoms with Gasteiger partial charge in [0.1, 0.15) is 0 Å². The van der Waals surface area contributed by atoms with E-state index in [9.17, 15) is 5.11 Å². The summed E-state index contributed by atoms with van der Waals surface area (Å²) in [6.45, 7) is 5.66. The van der Waals surface area contributed by atoms with E-state index in [1.807, 2.05) is 13.8 Å². The summed E-state index contributed by atoms with van der Waals surface area (Å²) in [7, 11) is 1.58. The predicted octanol–water partition coefficient (Wildman–Crippen LogP) is 1.20. The van der Waals surface area contributed by atoms with E-state index < -0.39 is 5.54 Å². The molecule has 0 aromatic rings. The Hall–Kier alpha value is -0.540. The molecule has 0 aliphatic carbocycles. The molecule has 0 aliphatic heterocycles. The van der Waals surface area contributed by atoms with Crippen LogP contribution in [0.15, 0.2) is 11.3 Å². The van der Waals surface area contributed by atoms with Crippen LogP contribution in [-0.2, 0) is 4.74 Å². The van der Waals surface area contributed by atoms with E-state index in [-0.39, 0.29) is 5.76 Å². The fourth-order valence-electron chi connectivity index (χ4n) is 0.901. The number of nitrogens with two attached hydrogens (primary N) is 1. The van der Waals surface area contributed by atoms with Gasteiger partial charge in [-0.05, 0) is 20.8 Å². The van der Waals surface area contributed by atoms with Crippen molar-refractivity contribution in [1.29, 1.82) is 0 Å². The number of hydrogen-bond donors (Lipinski definition) is 2. The number of aliphatic hydroxyl groups excluding tert-OH is 1. The van der Waals surface area contributed by atoms with Gasteiger partial charge in [0.2, 0.25) is 0 Å². The Morgan fingerprint density at radius 2 is 2.00 bits per heavy atom. The molecule has 0 saturated heterocycles. The smallest absolute Gasteiger partial charge is 0.0925 e. The molecule has 3 N–H and O–H groups in total. The van der Waals surface area contributed by atoms with Crippen LogP contribution >= 0.6 is 0 Å². The number of rotatable bonds is 3. The number of allylic oxidation sites excluding steroid dienone is 1. The monoisotopic (exact) mass is 159 g/mol. The van der Waals surface area contributed by atoms with Crippen LogP contribution in [0.3, 0.4) is 0 Å². The van der Waals surface area contributed by atoms with Crippen LogP contribution in [0, 0.1) is 0 Å². The van der Waals surface area contributed by atoms with Crippen molar-refractivity contribution in [1.82, 2.24) is 0 Å². The van der Waals surface area contributed by atoms with Gasteiger partial charge in [0.05, 0.1) is 12.4 Å². The first-order valence-electron chi connectivity index (χ1n) is 3.56. The van der Waals surface area contributed by atoms with Crippen molar-refractivity contribution in [3.8, 4) is 0 Å². The van der Waals surface area contributed by atoms with Gasteiger partial charge in [-0.2, -0.15) is 0 Å². The summed E-state index contributed by atoms with van der Waals surface area (Å²) in [5.41, 5.74) is 6.00. The normalized spacial score (nSPS) is 14.6. The van der Waals surface area contributed by atoms with Crippen molar-refractivity contribution in [2.45, 2.75) is 26.3 Å². The van der Waals surface area contributed by atoms with E-state index in [0.29, 0.717) is 6.61 Å². The summed E-state index contributed by atoms with van der Waals surface area (Å²) >= 11 is 0. The molecule has 0 saturated carbocycles. The highest BCUT2D eigenvalue weighted by atomic mass is 16.5. The van der Waals surface area contributed by atoms with Gasteiger partial charge in [-0.25, -0.2) is 0 Å². The average molecular weight is 159 g/mol. The van der Waals surface area contributed by atoms with E-state index in [0.717, 1.165) is 5.57 Å². The molecule has 0 spiro atoms. The number of ether oxygens (including phenoxy) is 1. The maximum absolute atomic E-state index is 9.20. The van der Waals surface area contributed by atoms with Crippen molar-refractivity contribution >= 4 is 0 Å². The third-order valence-electron chi connectivity index (χ3n) is 1.50. The third kappa shape index (κ3) is 3.39. The van der Waals surface area contributed by atoms with Crippen LogP contribution in [0.5, 0.6) is 0 Å². The second-order valence-electron chi connectivity index (χ2n) is 3.22. The molecule has 3 nitrogen and oxygen atoms in total. The summed E-state index contributed by atoms with van der Waals surface area (Å²) < 4.78 is 4.89. The van der Waals surface area contributed by atoms with Gasteiger partial charge in [-0.3, -0.25) is 0 Å². The maximum Gasteiger partial charge on any atom is 0.0925 e. The molecule has 0 amide bonds. The first-order chi connectivity index (χ1) is 4.89. The molecule has 0 bridgehead atoms. The fraction of sp³-hybridized carbons (Fsp3) is 0.750. The first kappa shape index (κ1) is 10.5. The fourth-order valence-corrected chi connectivity index (χ4v) is 0.901. The van der Waals surface area contributed by atoms with Crippen LogP contribution in [0.4, 0.5) is 0 Å². The minimum absolute atomic E-state index is 0.249. The standard InChI is InChI=1S/C8H17NO2/c1-6(10)7(5-11-4)8(2,3)9/h10H,5,9H2,1-4H3/b7-6-. The second kappa shape index (κ2) is 3.74. The van der Waals surface area contributed by atoms with E-state index >= 15 is 0 Å². The van der Waals surface area contributed by atoms with Gasteiger partial charge in [0.25, 0.3) is 0 Å². The van der Waals surface area contributed by atoms with Gasteiger partial charge >= 0.3 is 0 Å². The molecule has 66 valence electrons. The molecule has 0 rings (SSSR count). The topological polar surface area (TPSA) is 55.5 Å². The Bertz CT molecular complexity index is 152. The lowest BCUT2D eigenvalue weighted by atomic mass is 9.95. The van der Waals surface area contributed by atoms with Gasteiger partial charge in [0.15, 0.2) is 0 Å². The Balaban J connectivity index is 4.50. The lowest BCUT2D eigenvalue weighted by Crippen LogP contribution is -2.37. The molecule has 3 heteroatoms. The molecule has 0 radical (unpaired) electrons. The van der Waals surface area contributed by atoms with Crippen LogP contribution in [0.25, 0.3) is 0 Å². The number of hydrogen-bond acceptors (Lipinski definition) is 3. The lowest BCUT2D eigenvalue weighted by molar-refractivity contribution is 0.207. The number of methoxy groups -OCH3 is 1. The molecule has 0 atom stereocenters. The Morgan fingerprint density at radius 1 is 1.55 bits per heavy atom. The molecule has 0 heterocycles. The SMILES string of the molecule is COC/C(=C(\C)O)C(C)(C)N. The summed E-state index contributed by atoms with van der Waals surface area (Å²) in [6, 6.07) is 0. The van der Waals surface area contributed by atoms with E-state index in [1.165, 1.54) is 0 Å². The van der Waals surface area contributed by atoms with Crippen molar-refractivity contribution in [2.75, 3.05) is 13.7 Å². The van der Waals surface area contributed by atoms with Crippen molar-refractivity contribution < 1.29 is 9.84 Å². The van der Waals surface area contributed by atoms with Gasteiger partial charge in [-0.15, -0.1) is 0 Å². The summed E-state index contributed by atoms with van der Waals surface area (Å²) in [5, 5.41) is 9.20. The summed E-state index contributed by atoms with van der Waals surface area (Å²) in [4.78, 5) is 0. The average Bonchev–Trinajstić information content (AvgIpc) is 1.79. The minimum atomic E-state index is -0.505. The zero-order valence-electron chi connectivity index (χ0n) is 7.64. The van der Waals surface area contributed by atoms with Gasteiger partial charge in [0, 0.05) is 18.2 Å². The number of aliphatic hydroxyl groups is 1. The van der Waals surface area contributed by atoms with Gasteiger partial charge < -0.3 is 15.6 Å². The molecular weight excluding hydrogens is 142 g/mol. The van der Waals surface area contributed by atoms with E-state index in [2.05, 4.69) is 0 Å². The first-order valence-corrected chi connectivity index (χ1v) is 3.56. The lowest BCUT2D eigenvalue weighted by Gasteiger charge is -2.22. The summed E-state index contributed by atoms with van der Waals surface area (Å²) in [6.07, 6.45) is 0. The maximum atomic E-state index is 9.20. The highest BCUT2D eigenvalue weighted by Crippen LogP contribution is 2.15. The van der Waals surface area contributed by atoms with E-state index in [1.54, 1.807) is 14.0 Å². The highest BCUT2D eigenvalue weighted by molar-refractivity contribution is 5.19. The zero-order chi connectivity index (χ0) is 9.07. The molecular formula is C8H17NO2. The predicted molar refractivity (Wildman–Crippen MR) is 45.5 cm³/mol. The Morgan fingerprint density at radius 3 is 2.09 bits per heavy atom. The van der Waals surface area contributed by atoms with E-state index in [4.69, 9.17) is 10.5 Å². The van der Waals surface area contributed by atoms with Crippen LogP contribution in [0.2, 0.25) is 0 Å².